The number of rotatable bonds is 3. The molecule has 2 heterocycles. The molecule has 0 saturated carbocycles. The Balaban J connectivity index is 2.14. The average Bonchev–Trinajstić information content (AvgIpc) is 3.00. The first-order chi connectivity index (χ1) is 9.93. The maximum atomic E-state index is 12.5. The fraction of sp³-hybridized carbons (Fsp3) is 0.500. The smallest absolute Gasteiger partial charge is 0.165 e. The lowest BCUT2D eigenvalue weighted by atomic mass is 9.76. The van der Waals surface area contributed by atoms with E-state index in [1.54, 1.807) is 0 Å². The van der Waals surface area contributed by atoms with Gasteiger partial charge in [0.2, 0.25) is 0 Å². The zero-order valence-corrected chi connectivity index (χ0v) is 14.1. The van der Waals surface area contributed by atoms with Crippen LogP contribution in [0.2, 0.25) is 0 Å². The van der Waals surface area contributed by atoms with Crippen LogP contribution >= 0.6 is 11.3 Å². The van der Waals surface area contributed by atoms with Crippen molar-refractivity contribution in [1.29, 1.82) is 0 Å². The number of fused-ring (bicyclic) bond motifs is 1. The SMILES string of the molecule is CCC(c1cccs1)n1c(C)cc2c1CC(C)(C)CC2=O. The number of hydrogen-bond acceptors (Lipinski definition) is 2. The van der Waals surface area contributed by atoms with Gasteiger partial charge in [-0.05, 0) is 42.7 Å². The molecule has 1 atom stereocenters. The number of carbonyl (C=O) groups is 1. The van der Waals surface area contributed by atoms with E-state index in [2.05, 4.69) is 55.8 Å². The average molecular weight is 301 g/mol. The molecule has 112 valence electrons. The van der Waals surface area contributed by atoms with Crippen LogP contribution in [0.15, 0.2) is 23.6 Å². The molecule has 0 bridgehead atoms. The second kappa shape index (κ2) is 5.13. The Morgan fingerprint density at radius 2 is 2.14 bits per heavy atom. The highest BCUT2D eigenvalue weighted by Gasteiger charge is 2.35. The first-order valence-electron chi connectivity index (χ1n) is 7.70. The summed E-state index contributed by atoms with van der Waals surface area (Å²) in [6, 6.07) is 6.78. The van der Waals surface area contributed by atoms with Crippen molar-refractivity contribution in [2.24, 2.45) is 5.41 Å². The zero-order valence-electron chi connectivity index (χ0n) is 13.3. The van der Waals surface area contributed by atoms with Crippen molar-refractivity contribution in [2.75, 3.05) is 0 Å². The van der Waals surface area contributed by atoms with Crippen LogP contribution in [-0.2, 0) is 6.42 Å². The zero-order chi connectivity index (χ0) is 15.2. The summed E-state index contributed by atoms with van der Waals surface area (Å²) in [5, 5.41) is 2.14. The predicted octanol–water partition coefficient (Wildman–Crippen LogP) is 5.01. The van der Waals surface area contributed by atoms with E-state index < -0.39 is 0 Å². The third-order valence-corrected chi connectivity index (χ3v) is 5.46. The van der Waals surface area contributed by atoms with E-state index in [1.165, 1.54) is 16.3 Å². The molecule has 21 heavy (non-hydrogen) atoms. The molecular weight excluding hydrogens is 278 g/mol. The summed E-state index contributed by atoms with van der Waals surface area (Å²) in [5.74, 6) is 0.309. The summed E-state index contributed by atoms with van der Waals surface area (Å²) in [4.78, 5) is 13.8. The lowest BCUT2D eigenvalue weighted by Gasteiger charge is -2.31. The molecule has 3 rings (SSSR count). The van der Waals surface area contributed by atoms with Gasteiger partial charge in [0.1, 0.15) is 0 Å². The van der Waals surface area contributed by atoms with Crippen molar-refractivity contribution in [3.05, 3.63) is 45.4 Å². The number of nitrogens with zero attached hydrogens (tertiary/aromatic N) is 1. The van der Waals surface area contributed by atoms with Gasteiger partial charge >= 0.3 is 0 Å². The quantitative estimate of drug-likeness (QED) is 0.781. The first-order valence-corrected chi connectivity index (χ1v) is 8.58. The molecule has 0 aliphatic heterocycles. The van der Waals surface area contributed by atoms with Crippen LogP contribution in [-0.4, -0.2) is 10.4 Å². The van der Waals surface area contributed by atoms with Gasteiger partial charge in [0.05, 0.1) is 6.04 Å². The molecule has 0 spiro atoms. The molecule has 0 aromatic carbocycles. The minimum atomic E-state index is 0.0698. The molecule has 0 saturated heterocycles. The molecule has 2 aromatic heterocycles. The van der Waals surface area contributed by atoms with Gasteiger partial charge in [0.25, 0.3) is 0 Å². The molecule has 1 aliphatic carbocycles. The van der Waals surface area contributed by atoms with E-state index in [4.69, 9.17) is 0 Å². The predicted molar refractivity (Wildman–Crippen MR) is 88.4 cm³/mol. The van der Waals surface area contributed by atoms with E-state index in [-0.39, 0.29) is 5.41 Å². The highest BCUT2D eigenvalue weighted by Crippen LogP contribution is 2.39. The van der Waals surface area contributed by atoms with E-state index >= 15 is 0 Å². The fourth-order valence-electron chi connectivity index (χ4n) is 3.60. The first kappa shape index (κ1) is 14.6. The summed E-state index contributed by atoms with van der Waals surface area (Å²) in [6.45, 7) is 8.76. The van der Waals surface area contributed by atoms with Crippen LogP contribution in [0, 0.1) is 12.3 Å². The lowest BCUT2D eigenvalue weighted by Crippen LogP contribution is -2.29. The minimum absolute atomic E-state index is 0.0698. The van der Waals surface area contributed by atoms with Crippen LogP contribution in [0.5, 0.6) is 0 Å². The summed E-state index contributed by atoms with van der Waals surface area (Å²) < 4.78 is 2.42. The van der Waals surface area contributed by atoms with Crippen molar-refractivity contribution < 1.29 is 4.79 Å². The topological polar surface area (TPSA) is 22.0 Å². The van der Waals surface area contributed by atoms with Crippen molar-refractivity contribution in [3.8, 4) is 0 Å². The van der Waals surface area contributed by atoms with Gasteiger partial charge in [-0.2, -0.15) is 0 Å². The summed E-state index contributed by atoms with van der Waals surface area (Å²) >= 11 is 1.81. The third-order valence-electron chi connectivity index (χ3n) is 4.49. The van der Waals surface area contributed by atoms with Crippen LogP contribution in [0.4, 0.5) is 0 Å². The summed E-state index contributed by atoms with van der Waals surface area (Å²) in [6.07, 6.45) is 2.71. The van der Waals surface area contributed by atoms with Crippen molar-refractivity contribution in [2.45, 2.75) is 53.0 Å². The largest absolute Gasteiger partial charge is 0.340 e. The summed E-state index contributed by atoms with van der Waals surface area (Å²) in [7, 11) is 0. The fourth-order valence-corrected chi connectivity index (χ4v) is 4.50. The Morgan fingerprint density at radius 1 is 1.38 bits per heavy atom. The molecule has 1 unspecified atom stereocenters. The van der Waals surface area contributed by atoms with Gasteiger partial charge in [-0.25, -0.2) is 0 Å². The van der Waals surface area contributed by atoms with E-state index in [1.807, 2.05) is 11.3 Å². The number of hydrogen-bond donors (Lipinski definition) is 0. The Kier molecular flexibility index (Phi) is 3.56. The van der Waals surface area contributed by atoms with Crippen LogP contribution in [0.25, 0.3) is 0 Å². The van der Waals surface area contributed by atoms with Gasteiger partial charge in [0, 0.05) is 28.2 Å². The highest BCUT2D eigenvalue weighted by molar-refractivity contribution is 7.10. The number of ketones is 1. The van der Waals surface area contributed by atoms with Gasteiger partial charge < -0.3 is 4.57 Å². The molecule has 0 amide bonds. The molecule has 0 fully saturated rings. The molecule has 0 radical (unpaired) electrons. The standard InChI is InChI=1S/C18H23NOS/c1-5-14(17-7-6-8-21-17)19-12(2)9-13-15(19)10-18(3,4)11-16(13)20/h6-9,14H,5,10-11H2,1-4H3. The Bertz CT molecular complexity index is 664. The van der Waals surface area contributed by atoms with E-state index in [0.717, 1.165) is 18.4 Å². The molecule has 1 aliphatic rings. The maximum Gasteiger partial charge on any atom is 0.165 e. The highest BCUT2D eigenvalue weighted by atomic mass is 32.1. The summed E-state index contributed by atoms with van der Waals surface area (Å²) in [5.41, 5.74) is 3.49. The molecular formula is C18H23NOS. The van der Waals surface area contributed by atoms with Crippen molar-refractivity contribution >= 4 is 17.1 Å². The number of aryl methyl sites for hydroxylation is 1. The lowest BCUT2D eigenvalue weighted by molar-refractivity contribution is 0.0909. The van der Waals surface area contributed by atoms with Gasteiger partial charge in [-0.1, -0.05) is 26.8 Å². The van der Waals surface area contributed by atoms with Crippen molar-refractivity contribution in [1.82, 2.24) is 4.57 Å². The Hall–Kier alpha value is -1.35. The number of Topliss-reactive ketones (excluding diaryl/α,β-unsaturated/α-hetero) is 1. The Morgan fingerprint density at radius 3 is 2.76 bits per heavy atom. The van der Waals surface area contributed by atoms with Crippen molar-refractivity contribution in [3.63, 3.8) is 0 Å². The molecule has 3 heteroatoms. The number of thiophene rings is 1. The number of aromatic nitrogens is 1. The monoisotopic (exact) mass is 301 g/mol. The normalized spacial score (nSPS) is 18.6. The molecule has 2 aromatic rings. The Labute approximate surface area is 130 Å². The van der Waals surface area contributed by atoms with Crippen LogP contribution in [0.1, 0.15) is 66.3 Å². The third kappa shape index (κ3) is 2.48. The number of carbonyl (C=O) groups excluding carboxylic acids is 1. The minimum Gasteiger partial charge on any atom is -0.340 e. The van der Waals surface area contributed by atoms with Gasteiger partial charge in [0.15, 0.2) is 5.78 Å². The molecule has 0 N–H and O–H groups in total. The van der Waals surface area contributed by atoms with Crippen LogP contribution < -0.4 is 0 Å². The van der Waals surface area contributed by atoms with Gasteiger partial charge in [-0.3, -0.25) is 4.79 Å². The molecule has 2 nitrogen and oxygen atoms in total. The van der Waals surface area contributed by atoms with Crippen LogP contribution in [0.3, 0.4) is 0 Å². The second-order valence-electron chi connectivity index (χ2n) is 6.90. The maximum absolute atomic E-state index is 12.5. The van der Waals surface area contributed by atoms with E-state index in [0.29, 0.717) is 18.2 Å². The second-order valence-corrected chi connectivity index (χ2v) is 7.88. The van der Waals surface area contributed by atoms with E-state index in [9.17, 15) is 4.79 Å². The van der Waals surface area contributed by atoms with Gasteiger partial charge in [-0.15, -0.1) is 11.3 Å².